The first-order valence-corrected chi connectivity index (χ1v) is 11.3. The van der Waals surface area contributed by atoms with E-state index in [1.165, 1.54) is 5.56 Å². The Bertz CT molecular complexity index is 1310. The minimum absolute atomic E-state index is 0.0678. The Morgan fingerprint density at radius 1 is 1.16 bits per heavy atom. The number of benzene rings is 2. The molecule has 0 fully saturated rings. The molecule has 2 aromatic heterocycles. The van der Waals surface area contributed by atoms with Crippen LogP contribution < -0.4 is 4.31 Å². The zero-order chi connectivity index (χ0) is 21.5. The van der Waals surface area contributed by atoms with Crippen molar-refractivity contribution in [3.63, 3.8) is 0 Å². The van der Waals surface area contributed by atoms with Crippen LogP contribution in [0.4, 0.5) is 5.69 Å². The maximum Gasteiger partial charge on any atom is 0.327 e. The molecule has 0 aliphatic heterocycles. The second-order valence-corrected chi connectivity index (χ2v) is 8.72. The van der Waals surface area contributed by atoms with Crippen LogP contribution >= 0.6 is 0 Å². The molecule has 2 atom stereocenters. The van der Waals surface area contributed by atoms with Crippen LogP contribution in [0.25, 0.3) is 21.9 Å². The minimum atomic E-state index is -2.53. The number of H-pyrrole nitrogens is 1. The third-order valence-corrected chi connectivity index (χ3v) is 6.82. The number of aliphatic carboxylic acids is 1. The number of carboxylic acids is 1. The minimum Gasteiger partial charge on any atom is -0.480 e. The molecular weight excluding hydrogens is 416 g/mol. The maximum absolute atomic E-state index is 12.3. The number of aromatic nitrogens is 1. The molecule has 7 nitrogen and oxygen atoms in total. The first-order chi connectivity index (χ1) is 15.0. The van der Waals surface area contributed by atoms with Gasteiger partial charge in [0.1, 0.15) is 17.4 Å². The number of anilines is 1. The van der Waals surface area contributed by atoms with Crippen molar-refractivity contribution >= 4 is 44.8 Å². The predicted molar refractivity (Wildman–Crippen MR) is 120 cm³/mol. The number of carbonyl (C=O) groups is 1. The topological polar surface area (TPSA) is 107 Å². The Kier molecular flexibility index (Phi) is 5.03. The van der Waals surface area contributed by atoms with E-state index in [1.807, 2.05) is 30.3 Å². The molecular formula is C23H22N2O5S. The van der Waals surface area contributed by atoms with E-state index in [2.05, 4.69) is 4.98 Å². The number of fused-ring (bicyclic) bond motifs is 4. The van der Waals surface area contributed by atoms with Crippen molar-refractivity contribution in [2.75, 3.05) is 4.31 Å². The summed E-state index contributed by atoms with van der Waals surface area (Å²) in [6.45, 7) is 0. The van der Waals surface area contributed by atoms with Crippen LogP contribution in [-0.4, -0.2) is 30.9 Å². The molecule has 2 aromatic carbocycles. The van der Waals surface area contributed by atoms with Gasteiger partial charge in [0, 0.05) is 47.0 Å². The lowest BCUT2D eigenvalue weighted by atomic mass is 9.96. The summed E-state index contributed by atoms with van der Waals surface area (Å²) in [4.78, 5) is 15.3. The summed E-state index contributed by atoms with van der Waals surface area (Å²) in [5, 5.41) is 11.8. The van der Waals surface area contributed by atoms with Gasteiger partial charge >= 0.3 is 5.97 Å². The Balaban J connectivity index is 1.55. The van der Waals surface area contributed by atoms with Crippen LogP contribution in [0.15, 0.2) is 53.1 Å². The third kappa shape index (κ3) is 3.51. The lowest BCUT2D eigenvalue weighted by Gasteiger charge is -2.26. The quantitative estimate of drug-likeness (QED) is 0.386. The summed E-state index contributed by atoms with van der Waals surface area (Å²) >= 11 is -2.53. The van der Waals surface area contributed by atoms with Gasteiger partial charge in [0.15, 0.2) is 0 Å². The molecule has 3 N–H and O–H groups in total. The first-order valence-electron chi connectivity index (χ1n) is 10.2. The van der Waals surface area contributed by atoms with Crippen LogP contribution in [-0.2, 0) is 35.3 Å². The van der Waals surface area contributed by atoms with Crippen molar-refractivity contribution in [1.82, 2.24) is 4.98 Å². The van der Waals surface area contributed by atoms with Crippen molar-refractivity contribution in [1.29, 1.82) is 0 Å². The zero-order valence-corrected chi connectivity index (χ0v) is 17.5. The van der Waals surface area contributed by atoms with Crippen LogP contribution in [0.1, 0.15) is 29.7 Å². The van der Waals surface area contributed by atoms with E-state index in [1.54, 1.807) is 18.3 Å². The number of hydrogen-bond donors (Lipinski definition) is 3. The highest BCUT2D eigenvalue weighted by atomic mass is 32.2. The fourth-order valence-electron chi connectivity index (χ4n) is 4.55. The number of rotatable bonds is 6. The van der Waals surface area contributed by atoms with Gasteiger partial charge in [0.05, 0.1) is 5.69 Å². The highest BCUT2D eigenvalue weighted by Crippen LogP contribution is 2.35. The van der Waals surface area contributed by atoms with Gasteiger partial charge in [-0.1, -0.05) is 18.2 Å². The second-order valence-electron chi connectivity index (χ2n) is 7.87. The van der Waals surface area contributed by atoms with E-state index in [-0.39, 0.29) is 6.42 Å². The molecule has 5 rings (SSSR count). The van der Waals surface area contributed by atoms with Gasteiger partial charge in [-0.25, -0.2) is 9.00 Å². The number of aromatic amines is 1. The number of para-hydroxylation sites is 1. The van der Waals surface area contributed by atoms with Crippen molar-refractivity contribution in [3.05, 3.63) is 65.5 Å². The first kappa shape index (κ1) is 19.8. The third-order valence-electron chi connectivity index (χ3n) is 6.02. The fraction of sp³-hybridized carbons (Fsp3) is 0.261. The highest BCUT2D eigenvalue weighted by Gasteiger charge is 2.32. The Morgan fingerprint density at radius 3 is 2.77 bits per heavy atom. The number of aryl methyl sites for hydroxylation is 2. The molecule has 2 unspecified atom stereocenters. The molecule has 1 aliphatic carbocycles. The summed E-state index contributed by atoms with van der Waals surface area (Å²) in [7, 11) is 0. The summed E-state index contributed by atoms with van der Waals surface area (Å²) in [5.74, 6) is -0.213. The Hall–Kier alpha value is -3.10. The zero-order valence-electron chi connectivity index (χ0n) is 16.7. The second kappa shape index (κ2) is 7.86. The predicted octanol–water partition coefficient (Wildman–Crippen LogP) is 4.43. The molecule has 31 heavy (non-hydrogen) atoms. The molecule has 0 amide bonds. The Labute approximate surface area is 181 Å². The van der Waals surface area contributed by atoms with Gasteiger partial charge < -0.3 is 14.5 Å². The standard InChI is InChI=1S/C23H22N2O5S/c26-23(27)20(11-14-13-24-19-7-3-1-5-16(14)19)25(31(28)29)15-9-10-18-17-6-2-4-8-21(17)30-22(18)12-15/h1,3,5,7,9-10,12-13,20,24H,2,4,6,8,11H2,(H,26,27)(H,28,29). The summed E-state index contributed by atoms with van der Waals surface area (Å²) in [5.41, 5.74) is 3.81. The van der Waals surface area contributed by atoms with E-state index in [0.29, 0.717) is 11.3 Å². The molecule has 1 aliphatic rings. The van der Waals surface area contributed by atoms with E-state index in [4.69, 9.17) is 4.42 Å². The van der Waals surface area contributed by atoms with Crippen LogP contribution in [0.2, 0.25) is 0 Å². The van der Waals surface area contributed by atoms with Crippen molar-refractivity contribution in [3.8, 4) is 0 Å². The van der Waals surface area contributed by atoms with Gasteiger partial charge in [-0.3, -0.25) is 8.86 Å². The number of nitrogens with one attached hydrogen (secondary N) is 1. The van der Waals surface area contributed by atoms with Gasteiger partial charge in [-0.2, -0.15) is 0 Å². The molecule has 0 spiro atoms. The lowest BCUT2D eigenvalue weighted by molar-refractivity contribution is -0.138. The lowest BCUT2D eigenvalue weighted by Crippen LogP contribution is -2.43. The summed E-state index contributed by atoms with van der Waals surface area (Å²) in [6, 6.07) is 11.6. The van der Waals surface area contributed by atoms with Gasteiger partial charge in [0.25, 0.3) is 11.3 Å². The monoisotopic (exact) mass is 438 g/mol. The summed E-state index contributed by atoms with van der Waals surface area (Å²) in [6.07, 6.45) is 5.85. The normalized spacial score (nSPS) is 15.6. The summed E-state index contributed by atoms with van der Waals surface area (Å²) < 4.78 is 29.4. The smallest absolute Gasteiger partial charge is 0.327 e. The largest absolute Gasteiger partial charge is 0.480 e. The van der Waals surface area contributed by atoms with Crippen molar-refractivity contribution in [2.24, 2.45) is 0 Å². The van der Waals surface area contributed by atoms with Crippen molar-refractivity contribution < 1.29 is 23.1 Å². The van der Waals surface area contributed by atoms with Gasteiger partial charge in [-0.05, 0) is 43.0 Å². The SMILES string of the molecule is O=C(O)C(Cc1c[nH]c2ccccc12)N(c1ccc2c3c(oc2c1)CCCC3)S(=O)O. The highest BCUT2D eigenvalue weighted by molar-refractivity contribution is 7.80. The molecule has 0 bridgehead atoms. The van der Waals surface area contributed by atoms with E-state index in [0.717, 1.165) is 57.6 Å². The average Bonchev–Trinajstić information content (AvgIpc) is 3.34. The molecule has 0 radical (unpaired) electrons. The van der Waals surface area contributed by atoms with Gasteiger partial charge in [-0.15, -0.1) is 0 Å². The fourth-order valence-corrected chi connectivity index (χ4v) is 5.22. The number of carboxylic acid groups (broad SMARTS) is 1. The molecule has 0 saturated carbocycles. The maximum atomic E-state index is 12.3. The number of nitrogens with zero attached hydrogens (tertiary/aromatic N) is 1. The van der Waals surface area contributed by atoms with E-state index in [9.17, 15) is 18.7 Å². The number of hydrogen-bond acceptors (Lipinski definition) is 3. The van der Waals surface area contributed by atoms with Crippen LogP contribution in [0, 0.1) is 0 Å². The molecule has 2 heterocycles. The molecule has 0 saturated heterocycles. The molecule has 160 valence electrons. The van der Waals surface area contributed by atoms with Crippen LogP contribution in [0.3, 0.4) is 0 Å². The van der Waals surface area contributed by atoms with Crippen molar-refractivity contribution in [2.45, 2.75) is 38.1 Å². The van der Waals surface area contributed by atoms with Crippen LogP contribution in [0.5, 0.6) is 0 Å². The molecule has 4 aromatic rings. The van der Waals surface area contributed by atoms with E-state index < -0.39 is 23.3 Å². The van der Waals surface area contributed by atoms with Gasteiger partial charge in [0.2, 0.25) is 0 Å². The Morgan fingerprint density at radius 2 is 1.97 bits per heavy atom. The number of furan rings is 1. The average molecular weight is 439 g/mol. The van der Waals surface area contributed by atoms with E-state index >= 15 is 0 Å². The molecule has 8 heteroatoms.